The maximum Gasteiger partial charge on any atom is 0.306 e. The van der Waals surface area contributed by atoms with Crippen LogP contribution in [0.15, 0.2) is 35.2 Å². The number of hydrogen-bond donors (Lipinski definition) is 2. The molecule has 8 heteroatoms. The molecule has 0 saturated heterocycles. The fourth-order valence-corrected chi connectivity index (χ4v) is 1.60. The van der Waals surface area contributed by atoms with E-state index in [1.54, 1.807) is 12.3 Å². The van der Waals surface area contributed by atoms with Gasteiger partial charge in [0.05, 0.1) is 30.4 Å². The Morgan fingerprint density at radius 2 is 2.47 bits per heavy atom. The van der Waals surface area contributed by atoms with E-state index in [9.17, 15) is 15.2 Å². The Labute approximate surface area is 108 Å². The Morgan fingerprint density at radius 3 is 3.11 bits per heavy atom. The molecule has 0 fully saturated rings. The van der Waals surface area contributed by atoms with E-state index in [0.29, 0.717) is 13.1 Å². The predicted octanol–water partition coefficient (Wildman–Crippen LogP) is 0.535. The first-order chi connectivity index (χ1) is 9.15. The van der Waals surface area contributed by atoms with Crippen LogP contribution in [0.1, 0.15) is 5.76 Å². The third-order valence-electron chi connectivity index (χ3n) is 2.49. The van der Waals surface area contributed by atoms with E-state index in [-0.39, 0.29) is 12.2 Å². The van der Waals surface area contributed by atoms with Gasteiger partial charge < -0.3 is 14.8 Å². The van der Waals surface area contributed by atoms with Gasteiger partial charge in [0, 0.05) is 6.54 Å². The van der Waals surface area contributed by atoms with Crippen LogP contribution in [0.4, 0.5) is 5.69 Å². The molecule has 2 heterocycles. The molecule has 1 atom stereocenters. The smallest absolute Gasteiger partial charge is 0.306 e. The van der Waals surface area contributed by atoms with Crippen LogP contribution in [0.3, 0.4) is 0 Å². The van der Waals surface area contributed by atoms with E-state index >= 15 is 0 Å². The topological polar surface area (TPSA) is 106 Å². The van der Waals surface area contributed by atoms with Gasteiger partial charge in [-0.1, -0.05) is 0 Å². The molecule has 0 aliphatic heterocycles. The van der Waals surface area contributed by atoms with Crippen molar-refractivity contribution < 1.29 is 14.4 Å². The van der Waals surface area contributed by atoms with Gasteiger partial charge in [-0.2, -0.15) is 5.10 Å². The zero-order chi connectivity index (χ0) is 13.7. The summed E-state index contributed by atoms with van der Waals surface area (Å²) < 4.78 is 6.47. The highest BCUT2D eigenvalue weighted by atomic mass is 16.6. The monoisotopic (exact) mass is 266 g/mol. The van der Waals surface area contributed by atoms with Crippen molar-refractivity contribution in [3.63, 3.8) is 0 Å². The minimum absolute atomic E-state index is 0.0873. The maximum absolute atomic E-state index is 10.5. The van der Waals surface area contributed by atoms with E-state index in [2.05, 4.69) is 10.4 Å². The molecule has 2 rings (SSSR count). The van der Waals surface area contributed by atoms with Crippen LogP contribution in [0.25, 0.3) is 0 Å². The fourth-order valence-electron chi connectivity index (χ4n) is 1.60. The van der Waals surface area contributed by atoms with Crippen molar-refractivity contribution >= 4 is 5.69 Å². The first-order valence-corrected chi connectivity index (χ1v) is 5.73. The number of nitrogens with one attached hydrogen (secondary N) is 1. The van der Waals surface area contributed by atoms with Crippen LogP contribution in [0, 0.1) is 10.1 Å². The molecule has 0 aliphatic rings. The van der Waals surface area contributed by atoms with E-state index in [1.807, 2.05) is 6.07 Å². The summed E-state index contributed by atoms with van der Waals surface area (Å²) in [6.07, 6.45) is 3.34. The van der Waals surface area contributed by atoms with Crippen molar-refractivity contribution in [3.8, 4) is 0 Å². The van der Waals surface area contributed by atoms with Crippen LogP contribution < -0.4 is 5.32 Å². The predicted molar refractivity (Wildman–Crippen MR) is 65.3 cm³/mol. The molecule has 2 aromatic heterocycles. The summed E-state index contributed by atoms with van der Waals surface area (Å²) in [5, 5.41) is 27.0. The number of furan rings is 1. The summed E-state index contributed by atoms with van der Waals surface area (Å²) in [7, 11) is 0. The summed E-state index contributed by atoms with van der Waals surface area (Å²) in [6, 6.07) is 3.62. The average molecular weight is 266 g/mol. The van der Waals surface area contributed by atoms with E-state index in [0.717, 1.165) is 12.0 Å². The van der Waals surface area contributed by atoms with E-state index in [4.69, 9.17) is 4.42 Å². The summed E-state index contributed by atoms with van der Waals surface area (Å²) >= 11 is 0. The van der Waals surface area contributed by atoms with Gasteiger partial charge in [-0.25, -0.2) is 0 Å². The molecule has 0 spiro atoms. The number of aliphatic hydroxyl groups is 1. The lowest BCUT2D eigenvalue weighted by Gasteiger charge is -2.10. The Balaban J connectivity index is 1.74. The molecular weight excluding hydrogens is 252 g/mol. The lowest BCUT2D eigenvalue weighted by Crippen LogP contribution is -2.30. The Morgan fingerprint density at radius 1 is 1.63 bits per heavy atom. The lowest BCUT2D eigenvalue weighted by molar-refractivity contribution is -0.385. The molecule has 2 aromatic rings. The van der Waals surface area contributed by atoms with Crippen LogP contribution in [-0.2, 0) is 13.1 Å². The zero-order valence-corrected chi connectivity index (χ0v) is 10.1. The molecule has 19 heavy (non-hydrogen) atoms. The van der Waals surface area contributed by atoms with Crippen molar-refractivity contribution in [1.29, 1.82) is 0 Å². The minimum Gasteiger partial charge on any atom is -0.468 e. The molecule has 2 N–H and O–H groups in total. The summed E-state index contributed by atoms with van der Waals surface area (Å²) in [5.41, 5.74) is -0.0873. The van der Waals surface area contributed by atoms with E-state index in [1.165, 1.54) is 10.9 Å². The summed E-state index contributed by atoms with van der Waals surface area (Å²) in [5.74, 6) is 0.780. The summed E-state index contributed by atoms with van der Waals surface area (Å²) in [6.45, 7) is 1.05. The average Bonchev–Trinajstić information content (AvgIpc) is 3.00. The summed E-state index contributed by atoms with van der Waals surface area (Å²) in [4.78, 5) is 9.95. The number of hydrogen-bond acceptors (Lipinski definition) is 6. The molecule has 0 radical (unpaired) electrons. The van der Waals surface area contributed by atoms with Gasteiger partial charge in [-0.3, -0.25) is 14.8 Å². The minimum atomic E-state index is -0.686. The molecule has 1 unspecified atom stereocenters. The van der Waals surface area contributed by atoms with Gasteiger partial charge in [0.25, 0.3) is 0 Å². The number of aliphatic hydroxyl groups excluding tert-OH is 1. The van der Waals surface area contributed by atoms with Gasteiger partial charge in [-0.15, -0.1) is 0 Å². The molecule has 0 aromatic carbocycles. The number of rotatable bonds is 7. The second kappa shape index (κ2) is 6.12. The second-order valence-electron chi connectivity index (χ2n) is 4.04. The molecule has 0 bridgehead atoms. The zero-order valence-electron chi connectivity index (χ0n) is 10.1. The number of nitrogens with zero attached hydrogens (tertiary/aromatic N) is 3. The van der Waals surface area contributed by atoms with E-state index < -0.39 is 11.0 Å². The van der Waals surface area contributed by atoms with Gasteiger partial charge in [0.15, 0.2) is 0 Å². The van der Waals surface area contributed by atoms with Crippen LogP contribution in [-0.4, -0.2) is 32.5 Å². The molecular formula is C11H14N4O4. The number of nitro groups is 1. The van der Waals surface area contributed by atoms with Gasteiger partial charge in [-0.05, 0) is 12.1 Å². The quantitative estimate of drug-likeness (QED) is 0.559. The molecule has 8 nitrogen and oxygen atoms in total. The standard InChI is InChI=1S/C11H14N4O4/c16-10(5-12-6-11-2-1-3-19-11)8-14-7-9(4-13-14)15(17)18/h1-4,7,10,12,16H,5-6,8H2. The van der Waals surface area contributed by atoms with Crippen molar-refractivity contribution in [2.24, 2.45) is 0 Å². The maximum atomic E-state index is 10.5. The van der Waals surface area contributed by atoms with Crippen LogP contribution in [0.2, 0.25) is 0 Å². The first kappa shape index (κ1) is 13.2. The van der Waals surface area contributed by atoms with Gasteiger partial charge in [0.2, 0.25) is 0 Å². The Hall–Kier alpha value is -2.19. The molecule has 0 saturated carbocycles. The molecule has 0 aliphatic carbocycles. The highest BCUT2D eigenvalue weighted by Gasteiger charge is 2.11. The normalized spacial score (nSPS) is 12.5. The van der Waals surface area contributed by atoms with Crippen molar-refractivity contribution in [1.82, 2.24) is 15.1 Å². The van der Waals surface area contributed by atoms with Crippen molar-refractivity contribution in [2.75, 3.05) is 6.54 Å². The third kappa shape index (κ3) is 3.90. The van der Waals surface area contributed by atoms with Crippen molar-refractivity contribution in [3.05, 3.63) is 46.7 Å². The van der Waals surface area contributed by atoms with Crippen molar-refractivity contribution in [2.45, 2.75) is 19.2 Å². The third-order valence-corrected chi connectivity index (χ3v) is 2.49. The molecule has 0 amide bonds. The number of aromatic nitrogens is 2. The highest BCUT2D eigenvalue weighted by molar-refractivity contribution is 5.20. The Bertz CT molecular complexity index is 523. The van der Waals surface area contributed by atoms with Gasteiger partial charge >= 0.3 is 5.69 Å². The fraction of sp³-hybridized carbons (Fsp3) is 0.364. The largest absolute Gasteiger partial charge is 0.468 e. The van der Waals surface area contributed by atoms with Gasteiger partial charge in [0.1, 0.15) is 18.2 Å². The highest BCUT2D eigenvalue weighted by Crippen LogP contribution is 2.08. The first-order valence-electron chi connectivity index (χ1n) is 5.73. The Kier molecular flexibility index (Phi) is 4.26. The second-order valence-corrected chi connectivity index (χ2v) is 4.04. The SMILES string of the molecule is O=[N+]([O-])c1cnn(CC(O)CNCc2ccco2)c1. The molecule has 102 valence electrons. The van der Waals surface area contributed by atoms with Crippen LogP contribution in [0.5, 0.6) is 0 Å². The lowest BCUT2D eigenvalue weighted by atomic mass is 10.3. The van der Waals surface area contributed by atoms with Crippen LogP contribution >= 0.6 is 0 Å².